The number of esters is 1. The molecule has 234 valence electrons. The van der Waals surface area contributed by atoms with Crippen LogP contribution in [0.25, 0.3) is 0 Å². The number of allylic oxidation sites excluding steroid dienone is 1. The molecule has 1 aromatic heterocycles. The SMILES string of the molecule is CCOC(=O)C1=C([C@H]2CCN(S(C)(=O)=O)[C@H](CF)C2)N=C(c2nccs2)N(C(=O)OC(C)(C)C)C1c1ccc(F)cc1Cl. The molecule has 3 heterocycles. The zero-order valence-electron chi connectivity index (χ0n) is 24.3. The van der Waals surface area contributed by atoms with Crippen LogP contribution in [0.15, 0.2) is 46.0 Å². The van der Waals surface area contributed by atoms with Gasteiger partial charge in [0.2, 0.25) is 10.0 Å². The van der Waals surface area contributed by atoms with Gasteiger partial charge in [-0.2, -0.15) is 4.31 Å². The first kappa shape index (κ1) is 33.0. The minimum Gasteiger partial charge on any atom is -0.463 e. The first-order valence-electron chi connectivity index (χ1n) is 13.6. The molecule has 1 saturated heterocycles. The highest BCUT2D eigenvalue weighted by molar-refractivity contribution is 7.88. The first-order chi connectivity index (χ1) is 20.2. The summed E-state index contributed by atoms with van der Waals surface area (Å²) in [5.74, 6) is -2.03. The number of thiazole rings is 1. The fraction of sp³-hybridized carbons (Fsp3) is 0.500. The largest absolute Gasteiger partial charge is 0.463 e. The summed E-state index contributed by atoms with van der Waals surface area (Å²) in [6.45, 7) is 5.65. The molecule has 0 saturated carbocycles. The molecule has 1 unspecified atom stereocenters. The fourth-order valence-electron chi connectivity index (χ4n) is 5.22. The van der Waals surface area contributed by atoms with Gasteiger partial charge in [0, 0.05) is 29.1 Å². The van der Waals surface area contributed by atoms with Gasteiger partial charge in [-0.25, -0.2) is 41.7 Å². The summed E-state index contributed by atoms with van der Waals surface area (Å²) in [4.78, 5) is 38.0. The summed E-state index contributed by atoms with van der Waals surface area (Å²) in [6.07, 6.45) is 1.87. The van der Waals surface area contributed by atoms with Crippen molar-refractivity contribution < 1.29 is 36.3 Å². The van der Waals surface area contributed by atoms with Crippen molar-refractivity contribution in [2.45, 2.75) is 58.2 Å². The van der Waals surface area contributed by atoms with Crippen LogP contribution in [0.3, 0.4) is 0 Å². The van der Waals surface area contributed by atoms with Gasteiger partial charge in [-0.3, -0.25) is 0 Å². The standard InChI is InChI=1S/C28H33ClF2N4O6S2/c1-6-40-26(36)21-22(16-9-11-34(43(5,38)39)18(13-16)15-30)33-24(25-32-10-12-42-25)35(27(37)41-28(2,3)4)23(21)19-8-7-17(31)14-20(19)29/h7-8,10,12,14,16,18,23H,6,9,11,13,15H2,1-5H3/t16-,18-,23?/m0/s1. The van der Waals surface area contributed by atoms with E-state index in [1.807, 2.05) is 0 Å². The van der Waals surface area contributed by atoms with Gasteiger partial charge in [0.05, 0.1) is 30.2 Å². The minimum absolute atomic E-state index is 0.00671. The monoisotopic (exact) mass is 658 g/mol. The molecule has 43 heavy (non-hydrogen) atoms. The zero-order valence-corrected chi connectivity index (χ0v) is 26.7. The van der Waals surface area contributed by atoms with Crippen molar-refractivity contribution in [3.05, 3.63) is 62.5 Å². The first-order valence-corrected chi connectivity index (χ1v) is 16.7. The average molecular weight is 659 g/mol. The molecule has 10 nitrogen and oxygen atoms in total. The molecular formula is C28H33ClF2N4O6S2. The van der Waals surface area contributed by atoms with Gasteiger partial charge in [-0.05, 0) is 58.2 Å². The molecule has 2 aliphatic rings. The van der Waals surface area contributed by atoms with Crippen LogP contribution in [-0.2, 0) is 24.3 Å². The number of hydrogen-bond donors (Lipinski definition) is 0. The van der Waals surface area contributed by atoms with Crippen molar-refractivity contribution >= 4 is 50.9 Å². The summed E-state index contributed by atoms with van der Waals surface area (Å²) in [7, 11) is -3.71. The lowest BCUT2D eigenvalue weighted by Crippen LogP contribution is -2.50. The van der Waals surface area contributed by atoms with E-state index in [1.165, 1.54) is 23.6 Å². The maximum atomic E-state index is 14.3. The van der Waals surface area contributed by atoms with E-state index in [0.29, 0.717) is 5.01 Å². The van der Waals surface area contributed by atoms with Crippen molar-refractivity contribution in [2.24, 2.45) is 10.9 Å². The molecule has 3 atom stereocenters. The van der Waals surface area contributed by atoms with E-state index in [9.17, 15) is 26.8 Å². The number of halogens is 3. The number of carbonyl (C=O) groups is 2. The predicted molar refractivity (Wildman–Crippen MR) is 159 cm³/mol. The lowest BCUT2D eigenvalue weighted by molar-refractivity contribution is -0.139. The summed E-state index contributed by atoms with van der Waals surface area (Å²) >= 11 is 7.74. The Morgan fingerprint density at radius 1 is 1.26 bits per heavy atom. The number of aromatic nitrogens is 1. The number of sulfonamides is 1. The Balaban J connectivity index is 2.02. The number of nitrogens with zero attached hydrogens (tertiary/aromatic N) is 4. The molecule has 1 aromatic carbocycles. The Hall–Kier alpha value is -2.94. The van der Waals surface area contributed by atoms with E-state index in [-0.39, 0.29) is 53.7 Å². The highest BCUT2D eigenvalue weighted by Crippen LogP contribution is 2.45. The Kier molecular flexibility index (Phi) is 9.94. The van der Waals surface area contributed by atoms with Crippen LogP contribution >= 0.6 is 22.9 Å². The van der Waals surface area contributed by atoms with Crippen LogP contribution in [-0.4, -0.2) is 78.2 Å². The molecule has 0 bridgehead atoms. The lowest BCUT2D eigenvalue weighted by atomic mass is 9.83. The maximum Gasteiger partial charge on any atom is 0.416 e. The molecule has 2 aliphatic heterocycles. The second kappa shape index (κ2) is 13.0. The van der Waals surface area contributed by atoms with E-state index < -0.39 is 58.2 Å². The van der Waals surface area contributed by atoms with Crippen molar-refractivity contribution in [1.82, 2.24) is 14.2 Å². The van der Waals surface area contributed by atoms with Gasteiger partial charge in [0.1, 0.15) is 24.1 Å². The molecular weight excluding hydrogens is 626 g/mol. The Bertz CT molecular complexity index is 1540. The number of alkyl halides is 1. The Morgan fingerprint density at radius 2 is 1.98 bits per heavy atom. The van der Waals surface area contributed by atoms with E-state index in [0.717, 1.165) is 27.6 Å². The van der Waals surface area contributed by atoms with Crippen LogP contribution in [0, 0.1) is 11.7 Å². The van der Waals surface area contributed by atoms with Gasteiger partial charge in [0.15, 0.2) is 10.8 Å². The third-order valence-corrected chi connectivity index (χ3v) is 9.31. The normalized spacial score (nSPS) is 21.9. The number of aliphatic imine (C=N–C) groups is 1. The summed E-state index contributed by atoms with van der Waals surface area (Å²) in [6, 6.07) is 1.27. The fourth-order valence-corrected chi connectivity index (χ4v) is 7.23. The number of rotatable bonds is 7. The second-order valence-electron chi connectivity index (χ2n) is 11.1. The van der Waals surface area contributed by atoms with E-state index in [4.69, 9.17) is 26.1 Å². The quantitative estimate of drug-likeness (QED) is 0.361. The van der Waals surface area contributed by atoms with Crippen molar-refractivity contribution in [2.75, 3.05) is 26.1 Å². The molecule has 0 spiro atoms. The maximum absolute atomic E-state index is 14.3. The van der Waals surface area contributed by atoms with Crippen molar-refractivity contribution in [3.63, 3.8) is 0 Å². The predicted octanol–water partition coefficient (Wildman–Crippen LogP) is 5.50. The van der Waals surface area contributed by atoms with Gasteiger partial charge in [-0.15, -0.1) is 11.3 Å². The highest BCUT2D eigenvalue weighted by Gasteiger charge is 2.47. The molecule has 15 heteroatoms. The zero-order chi connectivity index (χ0) is 31.7. The number of amidine groups is 1. The number of amides is 1. The van der Waals surface area contributed by atoms with Crippen molar-refractivity contribution in [3.8, 4) is 0 Å². The van der Waals surface area contributed by atoms with Gasteiger partial charge >= 0.3 is 12.1 Å². The van der Waals surface area contributed by atoms with Crippen LogP contribution in [0.1, 0.15) is 57.1 Å². The van der Waals surface area contributed by atoms with Crippen LogP contribution in [0.2, 0.25) is 5.02 Å². The minimum atomic E-state index is -3.71. The lowest BCUT2D eigenvalue weighted by Gasteiger charge is -2.41. The number of carbonyl (C=O) groups excluding carboxylic acids is 2. The molecule has 0 aliphatic carbocycles. The van der Waals surface area contributed by atoms with Crippen LogP contribution in [0.4, 0.5) is 13.6 Å². The van der Waals surface area contributed by atoms with E-state index in [2.05, 4.69) is 4.98 Å². The molecule has 0 radical (unpaired) electrons. The van der Waals surface area contributed by atoms with Gasteiger partial charge < -0.3 is 9.47 Å². The summed E-state index contributed by atoms with van der Waals surface area (Å²) < 4.78 is 65.5. The Labute approximate surface area is 258 Å². The molecule has 2 aromatic rings. The van der Waals surface area contributed by atoms with Crippen molar-refractivity contribution in [1.29, 1.82) is 0 Å². The van der Waals surface area contributed by atoms with Gasteiger partial charge in [0.25, 0.3) is 0 Å². The third kappa shape index (κ3) is 7.24. The highest BCUT2D eigenvalue weighted by atomic mass is 35.5. The molecule has 4 rings (SSSR count). The number of piperidine rings is 1. The Morgan fingerprint density at radius 3 is 2.53 bits per heavy atom. The van der Waals surface area contributed by atoms with E-state index in [1.54, 1.807) is 33.1 Å². The summed E-state index contributed by atoms with van der Waals surface area (Å²) in [5, 5.41) is 1.91. The molecule has 0 N–H and O–H groups in total. The topological polar surface area (TPSA) is 118 Å². The number of hydrogen-bond acceptors (Lipinski definition) is 9. The third-order valence-electron chi connectivity index (χ3n) is 6.88. The average Bonchev–Trinajstić information content (AvgIpc) is 3.45. The summed E-state index contributed by atoms with van der Waals surface area (Å²) in [5.41, 5.74) is -0.658. The second-order valence-corrected chi connectivity index (χ2v) is 14.4. The molecule has 1 fully saturated rings. The number of benzene rings is 1. The number of ether oxygens (including phenoxy) is 2. The molecule has 1 amide bonds. The van der Waals surface area contributed by atoms with Crippen LogP contribution < -0.4 is 0 Å². The van der Waals surface area contributed by atoms with Crippen LogP contribution in [0.5, 0.6) is 0 Å². The van der Waals surface area contributed by atoms with Gasteiger partial charge in [-0.1, -0.05) is 17.7 Å². The van der Waals surface area contributed by atoms with E-state index >= 15 is 0 Å². The smallest absolute Gasteiger partial charge is 0.416 e.